The van der Waals surface area contributed by atoms with Crippen molar-refractivity contribution < 1.29 is 26.3 Å². The molecule has 0 N–H and O–H groups in total. The average molecular weight is 489 g/mol. The van der Waals surface area contributed by atoms with Crippen LogP contribution in [0.2, 0.25) is 0 Å². The Labute approximate surface area is 191 Å². The summed E-state index contributed by atoms with van der Waals surface area (Å²) in [5.41, 5.74) is -2.13. The van der Waals surface area contributed by atoms with Gasteiger partial charge in [0, 0.05) is 12.5 Å². The van der Waals surface area contributed by atoms with Crippen molar-refractivity contribution in [2.24, 2.45) is 0 Å². The van der Waals surface area contributed by atoms with Crippen molar-refractivity contribution in [2.75, 3.05) is 0 Å². The molecule has 0 aromatic heterocycles. The minimum absolute atomic E-state index is 0.00919. The summed E-state index contributed by atoms with van der Waals surface area (Å²) in [5.74, 6) is 0. The highest BCUT2D eigenvalue weighted by Crippen LogP contribution is 2.58. The van der Waals surface area contributed by atoms with Crippen molar-refractivity contribution in [3.05, 3.63) is 93.1 Å². The van der Waals surface area contributed by atoms with Crippen LogP contribution in [0.4, 0.5) is 26.3 Å². The van der Waals surface area contributed by atoms with Crippen molar-refractivity contribution in [3.63, 3.8) is 0 Å². The molecule has 1 atom stereocenters. The average Bonchev–Trinajstić information content (AvgIpc) is 2.75. The Balaban J connectivity index is 2.68. The lowest BCUT2D eigenvalue weighted by molar-refractivity contribution is -0.142. The van der Waals surface area contributed by atoms with Crippen molar-refractivity contribution in [1.82, 2.24) is 0 Å². The van der Waals surface area contributed by atoms with E-state index in [-0.39, 0.29) is 27.7 Å². The minimum atomic E-state index is -5.11. The van der Waals surface area contributed by atoms with E-state index in [0.29, 0.717) is 23.3 Å². The second kappa shape index (κ2) is 8.56. The molecule has 1 aliphatic heterocycles. The standard InChI is InChI=1S/C24H14F6N3P/c1-14-4-15(2)6-19(5-14)34(21(13-32)7-16(12-31)8-22(34)33-3)20-10-17(23(25,26)27)9-18(11-20)24(28,29)30/h4-11H,1-2H3. The van der Waals surface area contributed by atoms with Crippen LogP contribution in [0.3, 0.4) is 0 Å². The van der Waals surface area contributed by atoms with Gasteiger partial charge in [0.05, 0.1) is 35.2 Å². The first-order chi connectivity index (χ1) is 15.8. The second-order valence-electron chi connectivity index (χ2n) is 7.60. The van der Waals surface area contributed by atoms with E-state index < -0.39 is 35.7 Å². The van der Waals surface area contributed by atoms with Crippen LogP contribution >= 0.6 is 6.89 Å². The molecule has 0 bridgehead atoms. The highest BCUT2D eigenvalue weighted by atomic mass is 31.2. The maximum absolute atomic E-state index is 13.7. The number of alkyl halides is 6. The van der Waals surface area contributed by atoms with E-state index in [0.717, 1.165) is 12.2 Å². The van der Waals surface area contributed by atoms with Crippen molar-refractivity contribution in [2.45, 2.75) is 26.2 Å². The number of allylic oxidation sites excluding steroid dienone is 3. The van der Waals surface area contributed by atoms with Gasteiger partial charge in [0.1, 0.15) is 0 Å². The predicted octanol–water partition coefficient (Wildman–Crippen LogP) is 6.23. The fraction of sp³-hybridized carbons (Fsp3) is 0.167. The summed E-state index contributed by atoms with van der Waals surface area (Å²) >= 11 is 0. The van der Waals surface area contributed by atoms with Crippen LogP contribution in [-0.4, -0.2) is 5.42 Å². The first kappa shape index (κ1) is 24.9. The fourth-order valence-corrected chi connectivity index (χ4v) is 7.95. The lowest BCUT2D eigenvalue weighted by Gasteiger charge is -2.32. The fourth-order valence-electron chi connectivity index (χ4n) is 3.89. The zero-order valence-electron chi connectivity index (χ0n) is 17.7. The maximum atomic E-state index is 13.7. The topological polar surface area (TPSA) is 51.9 Å². The summed E-state index contributed by atoms with van der Waals surface area (Å²) < 4.78 is 82.1. The molecular formula is C24H14F6N3P. The molecule has 2 aromatic carbocycles. The molecule has 0 fully saturated rings. The minimum Gasteiger partial charge on any atom is -0.237 e. The molecule has 2 aromatic rings. The van der Waals surface area contributed by atoms with E-state index in [4.69, 9.17) is 6.57 Å². The Morgan fingerprint density at radius 2 is 1.26 bits per heavy atom. The third-order valence-electron chi connectivity index (χ3n) is 5.19. The van der Waals surface area contributed by atoms with Crippen LogP contribution in [0.15, 0.2) is 59.4 Å². The summed E-state index contributed by atoms with van der Waals surface area (Å²) in [4.78, 5) is 3.43. The number of nitriles is 2. The molecule has 0 saturated heterocycles. The van der Waals surface area contributed by atoms with Gasteiger partial charge in [-0.2, -0.15) is 36.9 Å². The van der Waals surface area contributed by atoms with Gasteiger partial charge in [-0.15, -0.1) is 0 Å². The van der Waals surface area contributed by atoms with Crippen LogP contribution in [-0.2, 0) is 12.4 Å². The number of benzene rings is 2. The molecule has 0 spiro atoms. The van der Waals surface area contributed by atoms with Crippen LogP contribution in [0, 0.1) is 43.1 Å². The SMILES string of the molecule is [C-]#[N+]C1=P(c2cc(C)cc(C)c2)(c2cc(C(F)(F)F)cc(C(F)(F)F)c2)C(C#N)=CC(C#N)=C1. The predicted molar refractivity (Wildman–Crippen MR) is 118 cm³/mol. The van der Waals surface area contributed by atoms with Gasteiger partial charge < -0.3 is 0 Å². The number of halogens is 6. The van der Waals surface area contributed by atoms with Gasteiger partial charge >= 0.3 is 12.4 Å². The summed E-state index contributed by atoms with van der Waals surface area (Å²) in [7, 11) is 0. The molecule has 0 saturated carbocycles. The zero-order chi connectivity index (χ0) is 25.5. The molecule has 172 valence electrons. The number of hydrogen-bond acceptors (Lipinski definition) is 2. The Kier molecular flexibility index (Phi) is 6.27. The smallest absolute Gasteiger partial charge is 0.237 e. The zero-order valence-corrected chi connectivity index (χ0v) is 18.6. The van der Waals surface area contributed by atoms with E-state index >= 15 is 0 Å². The quantitative estimate of drug-likeness (QED) is 0.285. The number of aryl methyl sites for hydroxylation is 2. The van der Waals surface area contributed by atoms with Gasteiger partial charge in [-0.3, -0.25) is 0 Å². The van der Waals surface area contributed by atoms with Gasteiger partial charge in [0.2, 0.25) is 0 Å². The van der Waals surface area contributed by atoms with Crippen LogP contribution < -0.4 is 10.6 Å². The summed E-state index contributed by atoms with van der Waals surface area (Å²) in [6.45, 7) is 7.32. The normalized spacial score (nSPS) is 18.3. The molecule has 10 heteroatoms. The number of nitrogens with zero attached hydrogens (tertiary/aromatic N) is 3. The van der Waals surface area contributed by atoms with Crippen LogP contribution in [0.5, 0.6) is 0 Å². The lowest BCUT2D eigenvalue weighted by atomic mass is 10.1. The molecule has 34 heavy (non-hydrogen) atoms. The van der Waals surface area contributed by atoms with Gasteiger partial charge in [0.25, 0.3) is 0 Å². The van der Waals surface area contributed by atoms with Crippen LogP contribution in [0.1, 0.15) is 22.3 Å². The highest BCUT2D eigenvalue weighted by Gasteiger charge is 2.41. The Bertz CT molecular complexity index is 1380. The van der Waals surface area contributed by atoms with Gasteiger partial charge in [-0.1, -0.05) is 29.3 Å². The second-order valence-corrected chi connectivity index (χ2v) is 10.9. The lowest BCUT2D eigenvalue weighted by Crippen LogP contribution is -2.27. The van der Waals surface area contributed by atoms with Crippen LogP contribution in [0.25, 0.3) is 4.85 Å². The Morgan fingerprint density at radius 3 is 1.68 bits per heavy atom. The van der Waals surface area contributed by atoms with Crippen molar-refractivity contribution >= 4 is 22.9 Å². The van der Waals surface area contributed by atoms with E-state index in [9.17, 15) is 36.9 Å². The highest BCUT2D eigenvalue weighted by molar-refractivity contribution is 7.93. The summed E-state index contributed by atoms with van der Waals surface area (Å²) in [5, 5.41) is 18.9. The molecule has 1 aliphatic rings. The van der Waals surface area contributed by atoms with Crippen molar-refractivity contribution in [1.29, 1.82) is 10.5 Å². The monoisotopic (exact) mass is 489 g/mol. The summed E-state index contributed by atoms with van der Waals surface area (Å²) in [6, 6.07) is 9.67. The van der Waals surface area contributed by atoms with E-state index in [1.807, 2.05) is 6.07 Å². The largest absolute Gasteiger partial charge is 0.416 e. The molecule has 3 rings (SSSR count). The molecule has 0 radical (unpaired) electrons. The Morgan fingerprint density at radius 1 is 0.765 bits per heavy atom. The molecule has 0 aliphatic carbocycles. The van der Waals surface area contributed by atoms with Gasteiger partial charge in [-0.05, 0) is 54.8 Å². The van der Waals surface area contributed by atoms with Crippen molar-refractivity contribution in [3.8, 4) is 12.1 Å². The van der Waals surface area contributed by atoms with E-state index in [1.54, 1.807) is 38.1 Å². The summed E-state index contributed by atoms with van der Waals surface area (Å²) in [6.07, 6.45) is -7.96. The van der Waals surface area contributed by atoms with Gasteiger partial charge in [0.15, 0.2) is 5.42 Å². The number of hydrogen-bond donors (Lipinski definition) is 0. The molecule has 1 unspecified atom stereocenters. The van der Waals surface area contributed by atoms with E-state index in [2.05, 4.69) is 4.85 Å². The molecular weight excluding hydrogens is 475 g/mol. The molecule has 1 heterocycles. The van der Waals surface area contributed by atoms with Gasteiger partial charge in [-0.25, -0.2) is 4.85 Å². The molecule has 3 nitrogen and oxygen atoms in total. The first-order valence-corrected chi connectivity index (χ1v) is 11.3. The Hall–Kier alpha value is -3.73. The maximum Gasteiger partial charge on any atom is 0.416 e. The molecule has 0 amide bonds. The van der Waals surface area contributed by atoms with E-state index in [1.165, 1.54) is 0 Å². The number of rotatable bonds is 2. The third kappa shape index (κ3) is 4.26. The third-order valence-corrected chi connectivity index (χ3v) is 9.13. The first-order valence-electron chi connectivity index (χ1n) is 9.54.